The second-order valence-corrected chi connectivity index (χ2v) is 9.66. The van der Waals surface area contributed by atoms with Gasteiger partial charge in [-0.15, -0.1) is 0 Å². The largest absolute Gasteiger partial charge is 0.497 e. The third-order valence-electron chi connectivity index (χ3n) is 6.92. The maximum absolute atomic E-state index is 13.9. The lowest BCUT2D eigenvalue weighted by Crippen LogP contribution is -2.35. The minimum absolute atomic E-state index is 0.0520. The lowest BCUT2D eigenvalue weighted by atomic mass is 9.94. The zero-order valence-corrected chi connectivity index (χ0v) is 23.7. The van der Waals surface area contributed by atoms with Crippen LogP contribution in [0.5, 0.6) is 11.5 Å². The summed E-state index contributed by atoms with van der Waals surface area (Å²) in [7, 11) is 3.19. The smallest absolute Gasteiger partial charge is 0.305 e. The summed E-state index contributed by atoms with van der Waals surface area (Å²) in [5.74, 6) is -0.116. The third-order valence-corrected chi connectivity index (χ3v) is 6.92. The van der Waals surface area contributed by atoms with Crippen molar-refractivity contribution in [2.45, 2.75) is 19.4 Å². The minimum Gasteiger partial charge on any atom is -0.497 e. The highest BCUT2D eigenvalue weighted by Gasteiger charge is 2.22. The van der Waals surface area contributed by atoms with E-state index in [9.17, 15) is 19.5 Å². The topological polar surface area (TPSA) is 105 Å². The molecule has 0 bridgehead atoms. The van der Waals surface area contributed by atoms with E-state index >= 15 is 0 Å². The van der Waals surface area contributed by atoms with Crippen molar-refractivity contribution in [3.05, 3.63) is 119 Å². The Kier molecular flexibility index (Phi) is 10.3. The van der Waals surface area contributed by atoms with Crippen molar-refractivity contribution in [2.75, 3.05) is 27.3 Å². The number of methoxy groups -OCH3 is 2. The first-order chi connectivity index (χ1) is 20.4. The van der Waals surface area contributed by atoms with Crippen LogP contribution < -0.4 is 14.8 Å². The fourth-order valence-corrected chi connectivity index (χ4v) is 4.65. The van der Waals surface area contributed by atoms with Crippen LogP contribution in [-0.4, -0.2) is 55.1 Å². The lowest BCUT2D eigenvalue weighted by molar-refractivity contribution is -0.137. The Labute approximate surface area is 245 Å². The molecule has 0 aliphatic carbocycles. The number of nitrogens with one attached hydrogen (secondary N) is 1. The number of aliphatic carboxylic acids is 1. The molecule has 4 aromatic rings. The highest BCUT2D eigenvalue weighted by molar-refractivity contribution is 6.06. The first-order valence-corrected chi connectivity index (χ1v) is 13.6. The van der Waals surface area contributed by atoms with Gasteiger partial charge in [-0.05, 0) is 65.1 Å². The van der Waals surface area contributed by atoms with Crippen molar-refractivity contribution in [3.63, 3.8) is 0 Å². The quantitative estimate of drug-likeness (QED) is 0.223. The summed E-state index contributed by atoms with van der Waals surface area (Å²) in [6.45, 7) is 0.694. The Morgan fingerprint density at radius 1 is 0.714 bits per heavy atom. The van der Waals surface area contributed by atoms with E-state index in [0.717, 1.165) is 16.9 Å². The molecule has 0 atom stereocenters. The summed E-state index contributed by atoms with van der Waals surface area (Å²) >= 11 is 0. The van der Waals surface area contributed by atoms with Crippen LogP contribution in [0.25, 0.3) is 11.1 Å². The van der Waals surface area contributed by atoms with Crippen molar-refractivity contribution in [3.8, 4) is 22.6 Å². The molecule has 0 aliphatic heterocycles. The molecule has 2 amide bonds. The van der Waals surface area contributed by atoms with E-state index in [1.807, 2.05) is 66.7 Å². The number of nitrogens with zero attached hydrogens (tertiary/aromatic N) is 1. The van der Waals surface area contributed by atoms with E-state index in [4.69, 9.17) is 9.47 Å². The summed E-state index contributed by atoms with van der Waals surface area (Å²) in [5, 5.41) is 12.3. The highest BCUT2D eigenvalue weighted by Crippen LogP contribution is 2.29. The van der Waals surface area contributed by atoms with Crippen molar-refractivity contribution < 1.29 is 29.0 Å². The number of benzene rings is 4. The fourth-order valence-electron chi connectivity index (χ4n) is 4.65. The molecule has 2 N–H and O–H groups in total. The predicted molar refractivity (Wildman–Crippen MR) is 161 cm³/mol. The van der Waals surface area contributed by atoms with E-state index in [-0.39, 0.29) is 24.8 Å². The Morgan fingerprint density at radius 3 is 2.02 bits per heavy atom. The van der Waals surface area contributed by atoms with E-state index in [0.29, 0.717) is 47.5 Å². The van der Waals surface area contributed by atoms with Gasteiger partial charge in [0, 0.05) is 30.8 Å². The number of carboxylic acid groups (broad SMARTS) is 1. The maximum atomic E-state index is 13.9. The Hall–Kier alpha value is -5.11. The second-order valence-electron chi connectivity index (χ2n) is 9.66. The average molecular weight is 567 g/mol. The molecule has 4 aromatic carbocycles. The molecule has 0 heterocycles. The maximum Gasteiger partial charge on any atom is 0.305 e. The van der Waals surface area contributed by atoms with Gasteiger partial charge in [0.05, 0.1) is 20.6 Å². The first kappa shape index (κ1) is 29.9. The van der Waals surface area contributed by atoms with Gasteiger partial charge >= 0.3 is 5.97 Å². The Bertz CT molecular complexity index is 1530. The van der Waals surface area contributed by atoms with Gasteiger partial charge in [-0.25, -0.2) is 0 Å². The molecule has 0 aromatic heterocycles. The normalized spacial score (nSPS) is 10.5. The van der Waals surface area contributed by atoms with Gasteiger partial charge in [-0.3, -0.25) is 14.4 Å². The number of carbonyl (C=O) groups is 3. The Balaban J connectivity index is 1.58. The molecule has 0 unspecified atom stereocenters. The number of rotatable bonds is 13. The number of carbonyl (C=O) groups excluding carboxylic acids is 2. The molecule has 8 nitrogen and oxygen atoms in total. The number of hydrogen-bond donors (Lipinski definition) is 2. The van der Waals surface area contributed by atoms with Crippen LogP contribution in [-0.2, 0) is 17.8 Å². The minimum atomic E-state index is -0.985. The van der Waals surface area contributed by atoms with Gasteiger partial charge in [0.1, 0.15) is 11.5 Å². The molecular formula is C34H34N2O6. The van der Waals surface area contributed by atoms with Crippen LogP contribution in [0.2, 0.25) is 0 Å². The molecule has 0 aliphatic rings. The summed E-state index contributed by atoms with van der Waals surface area (Å²) in [5.41, 5.74) is 3.92. The monoisotopic (exact) mass is 566 g/mol. The van der Waals surface area contributed by atoms with Gasteiger partial charge in [0.15, 0.2) is 0 Å². The Morgan fingerprint density at radius 2 is 1.36 bits per heavy atom. The van der Waals surface area contributed by atoms with Crippen LogP contribution in [0.15, 0.2) is 97.1 Å². The van der Waals surface area contributed by atoms with Crippen molar-refractivity contribution in [1.82, 2.24) is 10.2 Å². The average Bonchev–Trinajstić information content (AvgIpc) is 3.03. The molecule has 4 rings (SSSR count). The van der Waals surface area contributed by atoms with E-state index in [1.165, 1.54) is 0 Å². The van der Waals surface area contributed by atoms with E-state index in [2.05, 4.69) is 5.32 Å². The molecule has 8 heteroatoms. The fraction of sp³-hybridized carbons (Fsp3) is 0.206. The predicted octanol–water partition coefficient (Wildman–Crippen LogP) is 5.46. The zero-order chi connectivity index (χ0) is 29.9. The summed E-state index contributed by atoms with van der Waals surface area (Å²) in [6.07, 6.45) is 0.339. The van der Waals surface area contributed by atoms with Crippen molar-refractivity contribution in [1.29, 1.82) is 0 Å². The molecule has 0 saturated carbocycles. The van der Waals surface area contributed by atoms with Gasteiger partial charge in [0.25, 0.3) is 11.8 Å². The molecule has 42 heavy (non-hydrogen) atoms. The van der Waals surface area contributed by atoms with Gasteiger partial charge in [0.2, 0.25) is 0 Å². The number of ether oxygens (including phenoxy) is 2. The zero-order valence-electron chi connectivity index (χ0n) is 23.7. The molecule has 0 spiro atoms. The van der Waals surface area contributed by atoms with E-state index < -0.39 is 5.97 Å². The van der Waals surface area contributed by atoms with Crippen LogP contribution in [0.4, 0.5) is 0 Å². The third kappa shape index (κ3) is 7.75. The van der Waals surface area contributed by atoms with Crippen LogP contribution in [0.1, 0.15) is 38.3 Å². The summed E-state index contributed by atoms with van der Waals surface area (Å²) in [6, 6.07) is 29.2. The van der Waals surface area contributed by atoms with Gasteiger partial charge in [-0.2, -0.15) is 0 Å². The number of amides is 2. The SMILES string of the molecule is COc1ccc(CNC(=O)c2ccccc2-c2ccccc2C(=O)N(CCC(=O)O)CCc2cccc(OC)c2)cc1. The van der Waals surface area contributed by atoms with Crippen LogP contribution in [0, 0.1) is 0 Å². The summed E-state index contributed by atoms with van der Waals surface area (Å²) < 4.78 is 10.5. The number of carboxylic acids is 1. The van der Waals surface area contributed by atoms with Gasteiger partial charge < -0.3 is 24.8 Å². The van der Waals surface area contributed by atoms with Crippen molar-refractivity contribution in [2.24, 2.45) is 0 Å². The van der Waals surface area contributed by atoms with Crippen molar-refractivity contribution >= 4 is 17.8 Å². The molecular weight excluding hydrogens is 532 g/mol. The number of hydrogen-bond acceptors (Lipinski definition) is 5. The molecule has 0 radical (unpaired) electrons. The van der Waals surface area contributed by atoms with Crippen LogP contribution >= 0.6 is 0 Å². The summed E-state index contributed by atoms with van der Waals surface area (Å²) in [4.78, 5) is 40.2. The molecule has 0 saturated heterocycles. The lowest BCUT2D eigenvalue weighted by Gasteiger charge is -2.24. The first-order valence-electron chi connectivity index (χ1n) is 13.6. The van der Waals surface area contributed by atoms with E-state index in [1.54, 1.807) is 49.5 Å². The molecule has 216 valence electrons. The molecule has 0 fully saturated rings. The van der Waals surface area contributed by atoms with Crippen LogP contribution in [0.3, 0.4) is 0 Å². The van der Waals surface area contributed by atoms with Gasteiger partial charge in [-0.1, -0.05) is 60.7 Å². The standard InChI is InChI=1S/C34H34N2O6/c1-41-26-16-14-25(15-17-26)23-35-33(39)30-12-5-3-10-28(30)29-11-4-6-13-31(29)34(40)36(21-19-32(37)38)20-18-24-8-7-9-27(22-24)42-2/h3-17,22H,18-21,23H2,1-2H3,(H,35,39)(H,37,38). The highest BCUT2D eigenvalue weighted by atomic mass is 16.5. The second kappa shape index (κ2) is 14.5.